The van der Waals surface area contributed by atoms with Crippen molar-refractivity contribution in [1.82, 2.24) is 0 Å². The molecule has 0 amide bonds. The minimum Gasteiger partial charge on any atom is -0.493 e. The van der Waals surface area contributed by atoms with Crippen molar-refractivity contribution in [2.75, 3.05) is 26.1 Å². The molecule has 21 heavy (non-hydrogen) atoms. The van der Waals surface area contributed by atoms with Crippen molar-refractivity contribution >= 4 is 17.6 Å². The number of benzene rings is 1. The summed E-state index contributed by atoms with van der Waals surface area (Å²) < 4.78 is 15.2. The number of carbonyl (C=O) groups excluding carboxylic acids is 1. The van der Waals surface area contributed by atoms with Crippen LogP contribution in [0, 0.1) is 0 Å². The number of aromatic carboxylic acids is 1. The van der Waals surface area contributed by atoms with Gasteiger partial charge in [0.15, 0.2) is 18.1 Å². The van der Waals surface area contributed by atoms with Gasteiger partial charge in [-0.2, -0.15) is 0 Å². The summed E-state index contributed by atoms with van der Waals surface area (Å²) in [5, 5.41) is 9.01. The third-order valence-electron chi connectivity index (χ3n) is 2.67. The average molecular weight is 297 g/mol. The molecule has 1 aromatic rings. The van der Waals surface area contributed by atoms with Crippen LogP contribution in [-0.2, 0) is 9.53 Å². The van der Waals surface area contributed by atoms with E-state index in [1.165, 1.54) is 19.2 Å². The molecule has 3 N–H and O–H groups in total. The van der Waals surface area contributed by atoms with E-state index in [1.807, 2.05) is 6.92 Å². The fraction of sp³-hybridized carbons (Fsp3) is 0.429. The topological polar surface area (TPSA) is 108 Å². The maximum absolute atomic E-state index is 11.4. The summed E-state index contributed by atoms with van der Waals surface area (Å²) in [5.41, 5.74) is 5.53. The fourth-order valence-electron chi connectivity index (χ4n) is 1.54. The number of nitrogen functional groups attached to an aromatic ring is 1. The van der Waals surface area contributed by atoms with E-state index >= 15 is 0 Å². The summed E-state index contributed by atoms with van der Waals surface area (Å²) in [5.74, 6) is -1.35. The standard InChI is InChI=1S/C14H19NO6/c1-3-4-5-20-13(16)8-21-12-6-9(14(17)18)10(15)7-11(12)19-2/h6-7H,3-5,8,15H2,1-2H3,(H,17,18). The number of esters is 1. The van der Waals surface area contributed by atoms with E-state index in [0.29, 0.717) is 6.61 Å². The first-order chi connectivity index (χ1) is 9.99. The molecule has 1 rings (SSSR count). The Kier molecular flexibility index (Phi) is 6.32. The van der Waals surface area contributed by atoms with Crippen LogP contribution in [0.4, 0.5) is 5.69 Å². The van der Waals surface area contributed by atoms with Crippen molar-refractivity contribution < 1.29 is 28.9 Å². The molecule has 0 aromatic heterocycles. The second-order valence-electron chi connectivity index (χ2n) is 4.26. The van der Waals surface area contributed by atoms with E-state index < -0.39 is 11.9 Å². The smallest absolute Gasteiger partial charge is 0.344 e. The molecule has 0 bridgehead atoms. The molecule has 0 radical (unpaired) electrons. The number of hydrogen-bond acceptors (Lipinski definition) is 6. The highest BCUT2D eigenvalue weighted by molar-refractivity contribution is 5.94. The maximum Gasteiger partial charge on any atom is 0.344 e. The van der Waals surface area contributed by atoms with Gasteiger partial charge < -0.3 is 25.1 Å². The van der Waals surface area contributed by atoms with Crippen LogP contribution in [-0.4, -0.2) is 37.4 Å². The van der Waals surface area contributed by atoms with Crippen LogP contribution < -0.4 is 15.2 Å². The van der Waals surface area contributed by atoms with Crippen molar-refractivity contribution in [3.05, 3.63) is 17.7 Å². The van der Waals surface area contributed by atoms with Gasteiger partial charge in [0, 0.05) is 12.1 Å². The van der Waals surface area contributed by atoms with Gasteiger partial charge in [0.25, 0.3) is 0 Å². The minimum atomic E-state index is -1.19. The van der Waals surface area contributed by atoms with Crippen LogP contribution in [0.5, 0.6) is 11.5 Å². The summed E-state index contributed by atoms with van der Waals surface area (Å²) in [6.07, 6.45) is 1.70. The van der Waals surface area contributed by atoms with Gasteiger partial charge in [-0.05, 0) is 6.42 Å². The summed E-state index contributed by atoms with van der Waals surface area (Å²) in [4.78, 5) is 22.5. The molecule has 0 saturated carbocycles. The van der Waals surface area contributed by atoms with E-state index in [0.717, 1.165) is 12.8 Å². The molecule has 0 fully saturated rings. The summed E-state index contributed by atoms with van der Waals surface area (Å²) in [6.45, 7) is 1.98. The van der Waals surface area contributed by atoms with Gasteiger partial charge >= 0.3 is 11.9 Å². The number of methoxy groups -OCH3 is 1. The van der Waals surface area contributed by atoms with Crippen molar-refractivity contribution in [2.45, 2.75) is 19.8 Å². The molecule has 0 aliphatic heterocycles. The lowest BCUT2D eigenvalue weighted by Crippen LogP contribution is -2.16. The van der Waals surface area contributed by atoms with Gasteiger partial charge in [0.1, 0.15) is 0 Å². The first kappa shape index (κ1) is 16.6. The third-order valence-corrected chi connectivity index (χ3v) is 2.67. The van der Waals surface area contributed by atoms with Crippen LogP contribution in [0.25, 0.3) is 0 Å². The average Bonchev–Trinajstić information content (AvgIpc) is 2.45. The molecule has 116 valence electrons. The Labute approximate surface area is 122 Å². The van der Waals surface area contributed by atoms with E-state index in [4.69, 9.17) is 25.1 Å². The molecule has 0 atom stereocenters. The number of nitrogens with two attached hydrogens (primary N) is 1. The zero-order chi connectivity index (χ0) is 15.8. The second-order valence-corrected chi connectivity index (χ2v) is 4.26. The predicted molar refractivity (Wildman–Crippen MR) is 75.7 cm³/mol. The van der Waals surface area contributed by atoms with Gasteiger partial charge in [-0.3, -0.25) is 0 Å². The molecular weight excluding hydrogens is 278 g/mol. The predicted octanol–water partition coefficient (Wildman–Crippen LogP) is 1.70. The lowest BCUT2D eigenvalue weighted by Gasteiger charge is -2.12. The Morgan fingerprint density at radius 1 is 1.29 bits per heavy atom. The highest BCUT2D eigenvalue weighted by Crippen LogP contribution is 2.32. The number of hydrogen-bond donors (Lipinski definition) is 2. The van der Waals surface area contributed by atoms with Gasteiger partial charge in [-0.25, -0.2) is 9.59 Å². The summed E-state index contributed by atoms with van der Waals surface area (Å²) >= 11 is 0. The van der Waals surface area contributed by atoms with Crippen LogP contribution in [0.15, 0.2) is 12.1 Å². The van der Waals surface area contributed by atoms with Gasteiger partial charge in [-0.1, -0.05) is 13.3 Å². The SMILES string of the molecule is CCCCOC(=O)COc1cc(C(=O)O)c(N)cc1OC. The van der Waals surface area contributed by atoms with Crippen molar-refractivity contribution in [2.24, 2.45) is 0 Å². The Morgan fingerprint density at radius 3 is 2.57 bits per heavy atom. The number of ether oxygens (including phenoxy) is 3. The van der Waals surface area contributed by atoms with Crippen molar-refractivity contribution in [3.63, 3.8) is 0 Å². The largest absolute Gasteiger partial charge is 0.493 e. The van der Waals surface area contributed by atoms with Crippen LogP contribution in [0.3, 0.4) is 0 Å². The number of carboxylic acid groups (broad SMARTS) is 1. The molecule has 0 aliphatic rings. The number of rotatable bonds is 8. The molecule has 1 aromatic carbocycles. The molecule has 0 unspecified atom stereocenters. The number of unbranched alkanes of at least 4 members (excludes halogenated alkanes) is 1. The zero-order valence-electron chi connectivity index (χ0n) is 12.0. The summed E-state index contributed by atoms with van der Waals surface area (Å²) in [6, 6.07) is 2.55. The lowest BCUT2D eigenvalue weighted by molar-refractivity contribution is -0.146. The molecule has 0 aliphatic carbocycles. The highest BCUT2D eigenvalue weighted by atomic mass is 16.6. The first-order valence-corrected chi connectivity index (χ1v) is 6.48. The summed E-state index contributed by atoms with van der Waals surface area (Å²) in [7, 11) is 1.39. The molecule has 0 spiro atoms. The quantitative estimate of drug-likeness (QED) is 0.427. The van der Waals surface area contributed by atoms with Crippen molar-refractivity contribution in [3.8, 4) is 11.5 Å². The van der Waals surface area contributed by atoms with Crippen LogP contribution >= 0.6 is 0 Å². The van der Waals surface area contributed by atoms with Crippen LogP contribution in [0.1, 0.15) is 30.1 Å². The van der Waals surface area contributed by atoms with E-state index in [1.54, 1.807) is 0 Å². The second kappa shape index (κ2) is 7.98. The van der Waals surface area contributed by atoms with E-state index in [9.17, 15) is 9.59 Å². The highest BCUT2D eigenvalue weighted by Gasteiger charge is 2.16. The third kappa shape index (κ3) is 4.87. The lowest BCUT2D eigenvalue weighted by atomic mass is 10.1. The number of carboxylic acids is 1. The van der Waals surface area contributed by atoms with Gasteiger partial charge in [0.2, 0.25) is 0 Å². The molecular formula is C14H19NO6. The Hall–Kier alpha value is -2.44. The van der Waals surface area contributed by atoms with Crippen molar-refractivity contribution in [1.29, 1.82) is 0 Å². The molecule has 7 heteroatoms. The van der Waals surface area contributed by atoms with Crippen LogP contribution in [0.2, 0.25) is 0 Å². The van der Waals surface area contributed by atoms with E-state index in [-0.39, 0.29) is 29.4 Å². The van der Waals surface area contributed by atoms with Gasteiger partial charge in [0.05, 0.1) is 25.0 Å². The number of carbonyl (C=O) groups is 2. The fourth-order valence-corrected chi connectivity index (χ4v) is 1.54. The molecule has 0 heterocycles. The normalized spacial score (nSPS) is 10.0. The maximum atomic E-state index is 11.4. The van der Waals surface area contributed by atoms with E-state index in [2.05, 4.69) is 0 Å². The Morgan fingerprint density at radius 2 is 2.00 bits per heavy atom. The number of anilines is 1. The molecule has 0 saturated heterocycles. The Balaban J connectivity index is 2.75. The first-order valence-electron chi connectivity index (χ1n) is 6.48. The van der Waals surface area contributed by atoms with Gasteiger partial charge in [-0.15, -0.1) is 0 Å². The monoisotopic (exact) mass is 297 g/mol. The minimum absolute atomic E-state index is 0.0530. The zero-order valence-corrected chi connectivity index (χ0v) is 12.0. The Bertz CT molecular complexity index is 514. The molecule has 7 nitrogen and oxygen atoms in total.